The second-order valence-corrected chi connectivity index (χ2v) is 6.51. The van der Waals surface area contributed by atoms with E-state index in [1.54, 1.807) is 24.3 Å². The number of carbonyl (C=O) groups is 1. The predicted octanol–water partition coefficient (Wildman–Crippen LogP) is 4.62. The summed E-state index contributed by atoms with van der Waals surface area (Å²) in [6.07, 6.45) is 6.38. The van der Waals surface area contributed by atoms with Crippen LogP contribution in [0.1, 0.15) is 35.3 Å². The number of phenolic OH excluding ortho intramolecular Hbond substituents is 1. The Kier molecular flexibility index (Phi) is 4.55. The summed E-state index contributed by atoms with van der Waals surface area (Å²) < 4.78 is 24.5. The summed E-state index contributed by atoms with van der Waals surface area (Å²) in [5.74, 6) is -0.304. The van der Waals surface area contributed by atoms with Gasteiger partial charge in [0.05, 0.1) is 12.7 Å². The number of hydrogen-bond acceptors (Lipinski definition) is 4. The largest absolute Gasteiger partial charge is 0.507 e. The van der Waals surface area contributed by atoms with Gasteiger partial charge in [-0.2, -0.15) is 0 Å². The first-order chi connectivity index (χ1) is 12.3. The van der Waals surface area contributed by atoms with Gasteiger partial charge in [0.15, 0.2) is 5.78 Å². The van der Waals surface area contributed by atoms with Crippen molar-refractivity contribution in [3.63, 3.8) is 0 Å². The van der Waals surface area contributed by atoms with E-state index in [0.29, 0.717) is 11.1 Å². The number of ketones is 1. The van der Waals surface area contributed by atoms with E-state index in [2.05, 4.69) is 0 Å². The number of rotatable bonds is 4. The molecule has 1 N–H and O–H groups in total. The molecule has 0 radical (unpaired) electrons. The molecule has 1 heterocycles. The molecule has 0 atom stereocenters. The van der Waals surface area contributed by atoms with Gasteiger partial charge in [-0.15, -0.1) is 0 Å². The zero-order chi connectivity index (χ0) is 18.9. The van der Waals surface area contributed by atoms with Crippen molar-refractivity contribution in [1.29, 1.82) is 0 Å². The van der Waals surface area contributed by atoms with Gasteiger partial charge in [-0.1, -0.05) is 18.2 Å². The number of ether oxygens (including phenoxy) is 2. The fraction of sp³-hybridized carbons (Fsp3) is 0.190. The van der Waals surface area contributed by atoms with Crippen LogP contribution in [-0.4, -0.2) is 23.6 Å². The van der Waals surface area contributed by atoms with Crippen molar-refractivity contribution in [1.82, 2.24) is 0 Å². The first-order valence-corrected chi connectivity index (χ1v) is 8.11. The Morgan fingerprint density at radius 2 is 2.08 bits per heavy atom. The molecule has 2 aromatic carbocycles. The summed E-state index contributed by atoms with van der Waals surface area (Å²) in [6, 6.07) is 7.31. The lowest BCUT2D eigenvalue weighted by Gasteiger charge is -2.30. The molecule has 0 bridgehead atoms. The van der Waals surface area contributed by atoms with Crippen molar-refractivity contribution in [2.75, 3.05) is 7.11 Å². The van der Waals surface area contributed by atoms with Gasteiger partial charge >= 0.3 is 0 Å². The third-order valence-electron chi connectivity index (χ3n) is 4.02. The van der Waals surface area contributed by atoms with Crippen LogP contribution in [0, 0.1) is 5.82 Å². The number of fused-ring (bicyclic) bond motifs is 1. The van der Waals surface area contributed by atoms with Gasteiger partial charge in [0, 0.05) is 6.07 Å². The van der Waals surface area contributed by atoms with Crippen LogP contribution in [0.25, 0.3) is 12.2 Å². The van der Waals surface area contributed by atoms with E-state index >= 15 is 0 Å². The number of benzene rings is 2. The molecule has 0 unspecified atom stereocenters. The lowest BCUT2D eigenvalue weighted by atomic mass is 9.96. The van der Waals surface area contributed by atoms with Gasteiger partial charge in [0.25, 0.3) is 0 Å². The molecule has 5 heteroatoms. The lowest BCUT2D eigenvalue weighted by Crippen LogP contribution is -2.28. The molecular weight excluding hydrogens is 335 g/mol. The highest BCUT2D eigenvalue weighted by atomic mass is 19.1. The molecule has 0 amide bonds. The monoisotopic (exact) mass is 354 g/mol. The van der Waals surface area contributed by atoms with Crippen LogP contribution in [0.5, 0.6) is 17.2 Å². The van der Waals surface area contributed by atoms with E-state index in [1.165, 1.54) is 37.5 Å². The average Bonchev–Trinajstić information content (AvgIpc) is 2.58. The molecule has 0 saturated heterocycles. The Bertz CT molecular complexity index is 926. The van der Waals surface area contributed by atoms with E-state index in [-0.39, 0.29) is 34.4 Å². The summed E-state index contributed by atoms with van der Waals surface area (Å²) in [5, 5.41) is 10.2. The van der Waals surface area contributed by atoms with Crippen LogP contribution in [-0.2, 0) is 0 Å². The van der Waals surface area contributed by atoms with E-state index in [1.807, 2.05) is 13.8 Å². The van der Waals surface area contributed by atoms with Crippen LogP contribution in [0.2, 0.25) is 0 Å². The van der Waals surface area contributed by atoms with E-state index in [4.69, 9.17) is 9.47 Å². The number of halogens is 1. The summed E-state index contributed by atoms with van der Waals surface area (Å²) in [4.78, 5) is 12.8. The summed E-state index contributed by atoms with van der Waals surface area (Å²) in [5.41, 5.74) is 0.566. The summed E-state index contributed by atoms with van der Waals surface area (Å²) >= 11 is 0. The van der Waals surface area contributed by atoms with Crippen LogP contribution in [0.15, 0.2) is 42.5 Å². The van der Waals surface area contributed by atoms with Crippen molar-refractivity contribution < 1.29 is 23.8 Å². The van der Waals surface area contributed by atoms with E-state index in [9.17, 15) is 14.3 Å². The molecule has 2 aromatic rings. The molecule has 26 heavy (non-hydrogen) atoms. The highest BCUT2D eigenvalue weighted by molar-refractivity contribution is 6.11. The Morgan fingerprint density at radius 3 is 2.77 bits per heavy atom. The SMILES string of the molecule is COc1cc(O)c2c(c1C(=O)/C=C/c1cccc(F)c1)OC(C)(C)C=C2. The maximum atomic E-state index is 13.3. The molecule has 0 aromatic heterocycles. The van der Waals surface area contributed by atoms with Crippen LogP contribution >= 0.6 is 0 Å². The minimum atomic E-state index is -0.632. The predicted molar refractivity (Wildman–Crippen MR) is 98.2 cm³/mol. The van der Waals surface area contributed by atoms with Gasteiger partial charge in [0.1, 0.15) is 34.2 Å². The lowest BCUT2D eigenvalue weighted by molar-refractivity contribution is 0.103. The van der Waals surface area contributed by atoms with Gasteiger partial charge in [-0.3, -0.25) is 4.79 Å². The molecule has 0 spiro atoms. The van der Waals surface area contributed by atoms with Gasteiger partial charge in [-0.05, 0) is 49.8 Å². The standard InChI is InChI=1S/C21H19FO4/c1-21(2)10-9-15-17(24)12-18(25-3)19(20(15)26-21)16(23)8-7-13-5-4-6-14(22)11-13/h4-12,24H,1-3H3/b8-7+. The first kappa shape index (κ1) is 17.7. The molecule has 134 valence electrons. The maximum absolute atomic E-state index is 13.3. The minimum absolute atomic E-state index is 0.0331. The fourth-order valence-corrected chi connectivity index (χ4v) is 2.74. The Morgan fingerprint density at radius 1 is 1.31 bits per heavy atom. The maximum Gasteiger partial charge on any atom is 0.193 e. The van der Waals surface area contributed by atoms with Crippen molar-refractivity contribution in [3.05, 3.63) is 65.0 Å². The molecule has 3 rings (SSSR count). The Hall–Kier alpha value is -3.08. The smallest absolute Gasteiger partial charge is 0.193 e. The van der Waals surface area contributed by atoms with Crippen molar-refractivity contribution >= 4 is 17.9 Å². The van der Waals surface area contributed by atoms with Crippen molar-refractivity contribution in [2.24, 2.45) is 0 Å². The number of phenols is 1. The molecule has 0 saturated carbocycles. The number of carbonyl (C=O) groups excluding carboxylic acids is 1. The molecule has 4 nitrogen and oxygen atoms in total. The van der Waals surface area contributed by atoms with Gasteiger partial charge in [0.2, 0.25) is 0 Å². The highest BCUT2D eigenvalue weighted by Gasteiger charge is 2.30. The Balaban J connectivity index is 2.06. The van der Waals surface area contributed by atoms with E-state index in [0.717, 1.165) is 0 Å². The fourth-order valence-electron chi connectivity index (χ4n) is 2.74. The van der Waals surface area contributed by atoms with Gasteiger partial charge in [-0.25, -0.2) is 4.39 Å². The molecule has 0 fully saturated rings. The first-order valence-electron chi connectivity index (χ1n) is 8.11. The summed E-state index contributed by atoms with van der Waals surface area (Å²) in [7, 11) is 1.41. The number of methoxy groups -OCH3 is 1. The summed E-state index contributed by atoms with van der Waals surface area (Å²) in [6.45, 7) is 3.69. The molecule has 1 aliphatic rings. The third kappa shape index (κ3) is 3.47. The number of hydrogen-bond donors (Lipinski definition) is 1. The van der Waals surface area contributed by atoms with Crippen molar-refractivity contribution in [2.45, 2.75) is 19.4 Å². The van der Waals surface area contributed by atoms with E-state index < -0.39 is 5.60 Å². The van der Waals surface area contributed by atoms with Gasteiger partial charge < -0.3 is 14.6 Å². The topological polar surface area (TPSA) is 55.8 Å². The second kappa shape index (κ2) is 6.67. The minimum Gasteiger partial charge on any atom is -0.507 e. The van der Waals surface area contributed by atoms with Crippen LogP contribution in [0.3, 0.4) is 0 Å². The molecule has 0 aliphatic carbocycles. The number of allylic oxidation sites excluding steroid dienone is 1. The van der Waals surface area contributed by atoms with Crippen LogP contribution in [0.4, 0.5) is 4.39 Å². The third-order valence-corrected chi connectivity index (χ3v) is 4.02. The van der Waals surface area contributed by atoms with Crippen LogP contribution < -0.4 is 9.47 Å². The average molecular weight is 354 g/mol. The quantitative estimate of drug-likeness (QED) is 0.643. The molecular formula is C21H19FO4. The van der Waals surface area contributed by atoms with Crippen molar-refractivity contribution in [3.8, 4) is 17.2 Å². The zero-order valence-corrected chi connectivity index (χ0v) is 14.7. The second-order valence-electron chi connectivity index (χ2n) is 6.51. The zero-order valence-electron chi connectivity index (χ0n) is 14.7. The number of aromatic hydroxyl groups is 1. The highest BCUT2D eigenvalue weighted by Crippen LogP contribution is 2.44. The molecule has 1 aliphatic heterocycles. The normalized spacial score (nSPS) is 14.8. The Labute approximate surface area is 151 Å².